The van der Waals surface area contributed by atoms with Gasteiger partial charge >= 0.3 is 18.0 Å². The number of methoxy groups -OCH3 is 1. The average molecular weight is 430 g/mol. The van der Waals surface area contributed by atoms with Crippen molar-refractivity contribution in [2.75, 3.05) is 26.9 Å². The van der Waals surface area contributed by atoms with Crippen LogP contribution < -0.4 is 5.32 Å². The summed E-state index contributed by atoms with van der Waals surface area (Å²) in [5.74, 6) is -0.802. The van der Waals surface area contributed by atoms with Gasteiger partial charge in [-0.25, -0.2) is 9.59 Å². The number of nitrogens with one attached hydrogen (secondary N) is 1. The van der Waals surface area contributed by atoms with Crippen molar-refractivity contribution < 1.29 is 33.3 Å². The number of rotatable bonds is 15. The first kappa shape index (κ1) is 27.9. The van der Waals surface area contributed by atoms with Crippen LogP contribution in [0.15, 0.2) is 12.2 Å². The molecular formula is C22H39NO7. The van der Waals surface area contributed by atoms with Gasteiger partial charge in [-0.1, -0.05) is 37.8 Å². The fraction of sp³-hybridized carbons (Fsp3) is 0.773. The number of esters is 2. The molecule has 0 fully saturated rings. The number of carbonyl (C=O) groups is 3. The highest BCUT2D eigenvalue weighted by Crippen LogP contribution is 2.08. The molecule has 1 atom stereocenters. The molecule has 1 N–H and O–H groups in total. The third kappa shape index (κ3) is 18.0. The highest BCUT2D eigenvalue weighted by atomic mass is 16.6. The molecule has 0 spiro atoms. The van der Waals surface area contributed by atoms with Crippen molar-refractivity contribution in [1.29, 1.82) is 0 Å². The number of carbonyl (C=O) groups excluding carboxylic acids is 3. The van der Waals surface area contributed by atoms with E-state index in [2.05, 4.69) is 16.1 Å². The van der Waals surface area contributed by atoms with Gasteiger partial charge in [0.25, 0.3) is 0 Å². The Bertz CT molecular complexity index is 526. The van der Waals surface area contributed by atoms with Crippen molar-refractivity contribution in [3.63, 3.8) is 0 Å². The van der Waals surface area contributed by atoms with Gasteiger partial charge in [-0.2, -0.15) is 0 Å². The van der Waals surface area contributed by atoms with E-state index in [1.165, 1.54) is 20.5 Å². The first-order valence-electron chi connectivity index (χ1n) is 10.6. The number of ether oxygens (including phenoxy) is 4. The van der Waals surface area contributed by atoms with Gasteiger partial charge in [-0.3, -0.25) is 4.79 Å². The van der Waals surface area contributed by atoms with Gasteiger partial charge in [0.2, 0.25) is 0 Å². The normalized spacial score (nSPS) is 12.4. The molecule has 8 nitrogen and oxygen atoms in total. The zero-order valence-corrected chi connectivity index (χ0v) is 19.2. The maximum Gasteiger partial charge on any atom is 0.408 e. The predicted octanol–water partition coefficient (Wildman–Crippen LogP) is 3.92. The number of allylic oxidation sites excluding steroid dienone is 1. The highest BCUT2D eigenvalue weighted by Gasteiger charge is 2.25. The monoisotopic (exact) mass is 429 g/mol. The molecule has 0 saturated heterocycles. The van der Waals surface area contributed by atoms with E-state index >= 15 is 0 Å². The molecule has 0 saturated carbocycles. The van der Waals surface area contributed by atoms with Crippen molar-refractivity contribution in [3.8, 4) is 0 Å². The lowest BCUT2D eigenvalue weighted by Gasteiger charge is -2.22. The van der Waals surface area contributed by atoms with Crippen LogP contribution in [0.5, 0.6) is 0 Å². The summed E-state index contributed by atoms with van der Waals surface area (Å²) in [7, 11) is 1.26. The molecule has 0 radical (unpaired) electrons. The van der Waals surface area contributed by atoms with Gasteiger partial charge in [0.15, 0.2) is 6.04 Å². The maximum atomic E-state index is 11.8. The highest BCUT2D eigenvalue weighted by molar-refractivity contribution is 5.81. The quantitative estimate of drug-likeness (QED) is 0.182. The van der Waals surface area contributed by atoms with E-state index in [0.717, 1.165) is 38.5 Å². The van der Waals surface area contributed by atoms with Crippen LogP contribution in [0.3, 0.4) is 0 Å². The molecule has 0 aromatic rings. The topological polar surface area (TPSA) is 100 Å². The Morgan fingerprint density at radius 2 is 1.60 bits per heavy atom. The number of amides is 1. The molecule has 0 aliphatic heterocycles. The zero-order valence-electron chi connectivity index (χ0n) is 19.2. The third-order valence-corrected chi connectivity index (χ3v) is 3.91. The Morgan fingerprint density at radius 1 is 0.967 bits per heavy atom. The van der Waals surface area contributed by atoms with Crippen LogP contribution in [0, 0.1) is 0 Å². The molecule has 174 valence electrons. The lowest BCUT2D eigenvalue weighted by atomic mass is 10.1. The van der Waals surface area contributed by atoms with Crippen LogP contribution in [-0.2, 0) is 28.5 Å². The van der Waals surface area contributed by atoms with Gasteiger partial charge in [-0.05, 0) is 40.0 Å². The van der Waals surface area contributed by atoms with Crippen LogP contribution in [0.4, 0.5) is 4.79 Å². The van der Waals surface area contributed by atoms with Crippen LogP contribution >= 0.6 is 0 Å². The largest absolute Gasteiger partial charge is 0.467 e. The molecule has 1 amide bonds. The van der Waals surface area contributed by atoms with Crippen LogP contribution in [0.2, 0.25) is 0 Å². The second kappa shape index (κ2) is 16.7. The minimum Gasteiger partial charge on any atom is -0.467 e. The Kier molecular flexibility index (Phi) is 15.5. The summed E-state index contributed by atoms with van der Waals surface area (Å²) in [6, 6.07) is -0.918. The van der Waals surface area contributed by atoms with E-state index in [1.807, 2.05) is 6.08 Å². The number of unbranched alkanes of at least 4 members (excludes halogenated alkanes) is 6. The molecule has 0 aromatic carbocycles. The van der Waals surface area contributed by atoms with E-state index in [0.29, 0.717) is 13.2 Å². The number of hydrogen-bond acceptors (Lipinski definition) is 7. The molecule has 0 unspecified atom stereocenters. The van der Waals surface area contributed by atoms with E-state index in [-0.39, 0.29) is 12.6 Å². The summed E-state index contributed by atoms with van der Waals surface area (Å²) < 4.78 is 20.2. The molecule has 8 heteroatoms. The van der Waals surface area contributed by atoms with Crippen LogP contribution in [-0.4, -0.2) is 56.6 Å². The Balaban J connectivity index is 3.82. The molecule has 0 heterocycles. The first-order chi connectivity index (χ1) is 14.2. The molecule has 0 aliphatic rings. The summed E-state index contributed by atoms with van der Waals surface area (Å²) in [5, 5.41) is 2.46. The van der Waals surface area contributed by atoms with E-state index < -0.39 is 23.7 Å². The average Bonchev–Trinajstić information content (AvgIpc) is 2.64. The molecular weight excluding hydrogens is 390 g/mol. The van der Waals surface area contributed by atoms with Crippen molar-refractivity contribution in [2.45, 2.75) is 84.3 Å². The molecule has 0 aliphatic carbocycles. The summed E-state index contributed by atoms with van der Waals surface area (Å²) in [6.45, 7) is 7.52. The fourth-order valence-electron chi connectivity index (χ4n) is 2.49. The molecule has 0 rings (SSSR count). The van der Waals surface area contributed by atoms with Gasteiger partial charge in [-0.15, -0.1) is 0 Å². The molecule has 30 heavy (non-hydrogen) atoms. The Hall–Kier alpha value is -2.09. The minimum atomic E-state index is -0.918. The van der Waals surface area contributed by atoms with Crippen LogP contribution in [0.1, 0.15) is 72.6 Å². The lowest BCUT2D eigenvalue weighted by Crippen LogP contribution is -2.46. The number of hydrogen-bond donors (Lipinski definition) is 1. The second-order valence-corrected chi connectivity index (χ2v) is 7.98. The molecule has 0 bridgehead atoms. The standard InChI is InChI=1S/C22H39NO7/c1-18(24)29-16-14-12-10-8-6-7-9-11-13-15-28-17-19(20(25)27-5)23-21(26)30-22(2,3)4/h11,13,19H,6-10,12,14-17H2,1-5H3,(H,23,26)/b13-11+/t19-/m1/s1. The predicted molar refractivity (Wildman–Crippen MR) is 114 cm³/mol. The van der Waals surface area contributed by atoms with Crippen molar-refractivity contribution in [3.05, 3.63) is 12.2 Å². The van der Waals surface area contributed by atoms with Gasteiger partial charge in [0.05, 0.1) is 26.9 Å². The van der Waals surface area contributed by atoms with Crippen molar-refractivity contribution in [2.24, 2.45) is 0 Å². The lowest BCUT2D eigenvalue weighted by molar-refractivity contribution is -0.144. The molecule has 0 aromatic heterocycles. The van der Waals surface area contributed by atoms with E-state index in [4.69, 9.17) is 14.2 Å². The van der Waals surface area contributed by atoms with Crippen molar-refractivity contribution in [1.82, 2.24) is 5.32 Å². The summed E-state index contributed by atoms with van der Waals surface area (Å²) in [4.78, 5) is 34.2. The summed E-state index contributed by atoms with van der Waals surface area (Å²) >= 11 is 0. The number of alkyl carbamates (subject to hydrolysis) is 1. The van der Waals surface area contributed by atoms with Crippen molar-refractivity contribution >= 4 is 18.0 Å². The maximum absolute atomic E-state index is 11.8. The Labute approximate surface area is 180 Å². The summed E-state index contributed by atoms with van der Waals surface area (Å²) in [6.07, 6.45) is 10.8. The zero-order chi connectivity index (χ0) is 22.8. The van der Waals surface area contributed by atoms with E-state index in [1.54, 1.807) is 20.8 Å². The van der Waals surface area contributed by atoms with Gasteiger partial charge < -0.3 is 24.3 Å². The Morgan fingerprint density at radius 3 is 2.20 bits per heavy atom. The third-order valence-electron chi connectivity index (χ3n) is 3.91. The van der Waals surface area contributed by atoms with E-state index in [9.17, 15) is 14.4 Å². The van der Waals surface area contributed by atoms with Gasteiger partial charge in [0.1, 0.15) is 5.60 Å². The minimum absolute atomic E-state index is 0.00357. The van der Waals surface area contributed by atoms with Crippen LogP contribution in [0.25, 0.3) is 0 Å². The fourth-order valence-corrected chi connectivity index (χ4v) is 2.49. The summed E-state index contributed by atoms with van der Waals surface area (Å²) in [5.41, 5.74) is -0.655. The van der Waals surface area contributed by atoms with Gasteiger partial charge in [0, 0.05) is 6.92 Å². The second-order valence-electron chi connectivity index (χ2n) is 7.98. The first-order valence-corrected chi connectivity index (χ1v) is 10.6. The smallest absolute Gasteiger partial charge is 0.408 e. The SMILES string of the molecule is COC(=O)[C@@H](COC/C=C/CCCCCCCCOC(C)=O)NC(=O)OC(C)(C)C.